The maximum absolute atomic E-state index is 10.8. The van der Waals surface area contributed by atoms with Gasteiger partial charge in [0.15, 0.2) is 0 Å². The van der Waals surface area contributed by atoms with Crippen LogP contribution >= 0.6 is 0 Å². The van der Waals surface area contributed by atoms with Crippen molar-refractivity contribution in [1.82, 2.24) is 4.90 Å². The van der Waals surface area contributed by atoms with E-state index in [0.29, 0.717) is 6.54 Å². The quantitative estimate of drug-likeness (QED) is 0.711. The van der Waals surface area contributed by atoms with E-state index in [1.165, 1.54) is 0 Å². The Balaban J connectivity index is 2.55. The molecule has 1 unspecified atom stereocenters. The lowest BCUT2D eigenvalue weighted by atomic mass is 10.1. The SMILES string of the molecule is CC(CN(CC(=O)O)C1CCCC1)C(=O)O. The predicted molar refractivity (Wildman–Crippen MR) is 58.3 cm³/mol. The van der Waals surface area contributed by atoms with Gasteiger partial charge in [-0.05, 0) is 12.8 Å². The molecule has 1 aliphatic carbocycles. The summed E-state index contributed by atoms with van der Waals surface area (Å²) >= 11 is 0. The number of hydrogen-bond acceptors (Lipinski definition) is 3. The highest BCUT2D eigenvalue weighted by Crippen LogP contribution is 2.24. The number of carboxylic acid groups (broad SMARTS) is 2. The molecule has 2 N–H and O–H groups in total. The Morgan fingerprint density at radius 3 is 2.31 bits per heavy atom. The summed E-state index contributed by atoms with van der Waals surface area (Å²) in [6.07, 6.45) is 4.20. The van der Waals surface area contributed by atoms with Crippen molar-refractivity contribution in [2.75, 3.05) is 13.1 Å². The molecular weight excluding hydrogens is 210 g/mol. The van der Waals surface area contributed by atoms with Crippen molar-refractivity contribution in [3.8, 4) is 0 Å². The first kappa shape index (κ1) is 13.0. The zero-order valence-electron chi connectivity index (χ0n) is 9.56. The normalized spacial score (nSPS) is 18.9. The Morgan fingerprint density at radius 2 is 1.88 bits per heavy atom. The number of carboxylic acids is 2. The van der Waals surface area contributed by atoms with E-state index in [-0.39, 0.29) is 12.6 Å². The molecule has 0 saturated heterocycles. The third-order valence-electron chi connectivity index (χ3n) is 3.11. The smallest absolute Gasteiger partial charge is 0.317 e. The number of hydrogen-bond donors (Lipinski definition) is 2. The monoisotopic (exact) mass is 229 g/mol. The van der Waals surface area contributed by atoms with Gasteiger partial charge in [-0.25, -0.2) is 0 Å². The molecule has 0 heterocycles. The molecule has 0 amide bonds. The van der Waals surface area contributed by atoms with Gasteiger partial charge in [0.2, 0.25) is 0 Å². The van der Waals surface area contributed by atoms with Crippen molar-refractivity contribution in [2.24, 2.45) is 5.92 Å². The molecule has 0 radical (unpaired) electrons. The van der Waals surface area contributed by atoms with E-state index in [9.17, 15) is 9.59 Å². The molecule has 0 aromatic carbocycles. The second-order valence-corrected chi connectivity index (χ2v) is 4.50. The van der Waals surface area contributed by atoms with Crippen LogP contribution in [0.5, 0.6) is 0 Å². The van der Waals surface area contributed by atoms with Crippen LogP contribution in [0.1, 0.15) is 32.6 Å². The number of nitrogens with zero attached hydrogens (tertiary/aromatic N) is 1. The van der Waals surface area contributed by atoms with Gasteiger partial charge in [0, 0.05) is 12.6 Å². The molecule has 92 valence electrons. The van der Waals surface area contributed by atoms with Gasteiger partial charge in [0.05, 0.1) is 12.5 Å². The highest BCUT2D eigenvalue weighted by Gasteiger charge is 2.27. The first-order valence-electron chi connectivity index (χ1n) is 5.69. The van der Waals surface area contributed by atoms with Crippen molar-refractivity contribution in [3.05, 3.63) is 0 Å². The van der Waals surface area contributed by atoms with Crippen LogP contribution in [0.3, 0.4) is 0 Å². The van der Waals surface area contributed by atoms with E-state index in [1.807, 2.05) is 0 Å². The number of carbonyl (C=O) groups is 2. The van der Waals surface area contributed by atoms with E-state index in [2.05, 4.69) is 0 Å². The Labute approximate surface area is 95.1 Å². The molecule has 16 heavy (non-hydrogen) atoms. The van der Waals surface area contributed by atoms with E-state index < -0.39 is 17.9 Å². The van der Waals surface area contributed by atoms with Crippen LogP contribution in [0.4, 0.5) is 0 Å². The Kier molecular flexibility index (Phi) is 4.73. The summed E-state index contributed by atoms with van der Waals surface area (Å²) in [5.41, 5.74) is 0. The lowest BCUT2D eigenvalue weighted by molar-refractivity contribution is -0.144. The summed E-state index contributed by atoms with van der Waals surface area (Å²) in [6, 6.07) is 0.248. The fourth-order valence-electron chi connectivity index (χ4n) is 2.22. The first-order valence-corrected chi connectivity index (χ1v) is 5.69. The molecule has 0 aliphatic heterocycles. The minimum absolute atomic E-state index is 0.0533. The van der Waals surface area contributed by atoms with E-state index in [4.69, 9.17) is 10.2 Å². The summed E-state index contributed by atoms with van der Waals surface area (Å²) in [5, 5.41) is 17.6. The van der Waals surface area contributed by atoms with Crippen molar-refractivity contribution in [3.63, 3.8) is 0 Å². The van der Waals surface area contributed by atoms with E-state index in [0.717, 1.165) is 25.7 Å². The molecule has 0 bridgehead atoms. The molecule has 1 aliphatic rings. The van der Waals surface area contributed by atoms with Gasteiger partial charge in [0.1, 0.15) is 0 Å². The standard InChI is InChI=1S/C11H19NO4/c1-8(11(15)16)6-12(7-10(13)14)9-4-2-3-5-9/h8-9H,2-7H2,1H3,(H,13,14)(H,15,16). The van der Waals surface area contributed by atoms with Gasteiger partial charge in [-0.2, -0.15) is 0 Å². The summed E-state index contributed by atoms with van der Waals surface area (Å²) in [6.45, 7) is 1.89. The number of rotatable bonds is 6. The van der Waals surface area contributed by atoms with Gasteiger partial charge in [-0.15, -0.1) is 0 Å². The van der Waals surface area contributed by atoms with Crippen LogP contribution in [0.15, 0.2) is 0 Å². The van der Waals surface area contributed by atoms with Gasteiger partial charge in [-0.3, -0.25) is 14.5 Å². The van der Waals surface area contributed by atoms with E-state index >= 15 is 0 Å². The number of aliphatic carboxylic acids is 2. The summed E-state index contributed by atoms with van der Waals surface area (Å²) in [7, 11) is 0. The largest absolute Gasteiger partial charge is 0.481 e. The molecule has 0 aromatic heterocycles. The van der Waals surface area contributed by atoms with Crippen LogP contribution in [-0.4, -0.2) is 46.2 Å². The van der Waals surface area contributed by atoms with Crippen molar-refractivity contribution < 1.29 is 19.8 Å². The molecular formula is C11H19NO4. The predicted octanol–water partition coefficient (Wildman–Crippen LogP) is 1.04. The second kappa shape index (κ2) is 5.84. The minimum atomic E-state index is -0.885. The third-order valence-corrected chi connectivity index (χ3v) is 3.11. The topological polar surface area (TPSA) is 77.8 Å². The van der Waals surface area contributed by atoms with Crippen LogP contribution in [0.25, 0.3) is 0 Å². The lowest BCUT2D eigenvalue weighted by Crippen LogP contribution is -2.41. The molecule has 1 fully saturated rings. The van der Waals surface area contributed by atoms with Gasteiger partial charge < -0.3 is 10.2 Å². The molecule has 1 saturated carbocycles. The van der Waals surface area contributed by atoms with Gasteiger partial charge >= 0.3 is 11.9 Å². The van der Waals surface area contributed by atoms with E-state index in [1.54, 1.807) is 11.8 Å². The molecule has 5 nitrogen and oxygen atoms in total. The average Bonchev–Trinajstić information content (AvgIpc) is 2.68. The fraction of sp³-hybridized carbons (Fsp3) is 0.818. The maximum Gasteiger partial charge on any atom is 0.317 e. The van der Waals surface area contributed by atoms with Crippen LogP contribution < -0.4 is 0 Å². The first-order chi connectivity index (χ1) is 7.50. The zero-order valence-corrected chi connectivity index (χ0v) is 9.56. The lowest BCUT2D eigenvalue weighted by Gasteiger charge is -2.28. The summed E-state index contributed by atoms with van der Waals surface area (Å²) in [5.74, 6) is -2.27. The minimum Gasteiger partial charge on any atom is -0.481 e. The Morgan fingerprint density at radius 1 is 1.31 bits per heavy atom. The highest BCUT2D eigenvalue weighted by molar-refractivity contribution is 5.71. The van der Waals surface area contributed by atoms with Crippen LogP contribution in [-0.2, 0) is 9.59 Å². The second-order valence-electron chi connectivity index (χ2n) is 4.50. The third kappa shape index (κ3) is 3.81. The fourth-order valence-corrected chi connectivity index (χ4v) is 2.22. The summed E-state index contributed by atoms with van der Waals surface area (Å²) < 4.78 is 0. The Hall–Kier alpha value is -1.10. The van der Waals surface area contributed by atoms with Crippen molar-refractivity contribution >= 4 is 11.9 Å². The molecule has 1 rings (SSSR count). The van der Waals surface area contributed by atoms with Gasteiger partial charge in [0.25, 0.3) is 0 Å². The molecule has 0 aromatic rings. The average molecular weight is 229 g/mol. The molecule has 5 heteroatoms. The van der Waals surface area contributed by atoms with Crippen LogP contribution in [0.2, 0.25) is 0 Å². The maximum atomic E-state index is 10.8. The molecule has 1 atom stereocenters. The zero-order chi connectivity index (χ0) is 12.1. The Bertz CT molecular complexity index is 261. The summed E-state index contributed by atoms with van der Waals surface area (Å²) in [4.78, 5) is 23.3. The molecule has 0 spiro atoms. The van der Waals surface area contributed by atoms with Crippen molar-refractivity contribution in [2.45, 2.75) is 38.6 Å². The van der Waals surface area contributed by atoms with Gasteiger partial charge in [-0.1, -0.05) is 19.8 Å². The van der Waals surface area contributed by atoms with Crippen molar-refractivity contribution in [1.29, 1.82) is 0 Å². The van der Waals surface area contributed by atoms with Crippen LogP contribution in [0, 0.1) is 5.92 Å². The highest BCUT2D eigenvalue weighted by atomic mass is 16.4.